The number of nitrogens with one attached hydrogen (secondary N) is 1. The van der Waals surface area contributed by atoms with E-state index >= 15 is 0 Å². The number of rotatable bonds is 6. The number of halogens is 6. The Morgan fingerprint density at radius 1 is 0.862 bits per heavy atom. The molecule has 0 aromatic heterocycles. The van der Waals surface area contributed by atoms with Crippen molar-refractivity contribution in [1.29, 1.82) is 0 Å². The van der Waals surface area contributed by atoms with E-state index in [0.29, 0.717) is 0 Å². The lowest BCUT2D eigenvalue weighted by Gasteiger charge is -2.16. The van der Waals surface area contributed by atoms with Crippen LogP contribution in [0.1, 0.15) is 22.3 Å². The van der Waals surface area contributed by atoms with Gasteiger partial charge < -0.3 is 10.4 Å². The van der Waals surface area contributed by atoms with E-state index in [1.54, 1.807) is 0 Å². The summed E-state index contributed by atoms with van der Waals surface area (Å²) in [6.07, 6.45) is -9.90. The average molecular weight is 419 g/mol. The standard InChI is InChI=1S/C19H15F6NO3/c20-18(21,22)13-6-4-11(5-7-13)9-15(17(28)29)26-16(27)10-12-2-1-3-14(8-12)19(23,24)25/h1-8,15H,9-10H2,(H,26,27)(H,28,29)/t15-/m0/s1. The molecular formula is C19H15F6NO3. The topological polar surface area (TPSA) is 66.4 Å². The number of hydrogen-bond donors (Lipinski definition) is 2. The van der Waals surface area contributed by atoms with Gasteiger partial charge in [0.15, 0.2) is 0 Å². The molecule has 0 unspecified atom stereocenters. The van der Waals surface area contributed by atoms with Crippen LogP contribution in [0.3, 0.4) is 0 Å². The molecule has 2 N–H and O–H groups in total. The summed E-state index contributed by atoms with van der Waals surface area (Å²) in [5, 5.41) is 11.4. The summed E-state index contributed by atoms with van der Waals surface area (Å²) in [6.45, 7) is 0. The minimum Gasteiger partial charge on any atom is -0.480 e. The highest BCUT2D eigenvalue weighted by Gasteiger charge is 2.31. The van der Waals surface area contributed by atoms with Crippen LogP contribution in [0.5, 0.6) is 0 Å². The molecule has 4 nitrogen and oxygen atoms in total. The van der Waals surface area contributed by atoms with Crippen LogP contribution in [0.2, 0.25) is 0 Å². The zero-order valence-corrected chi connectivity index (χ0v) is 14.6. The van der Waals surface area contributed by atoms with Gasteiger partial charge in [-0.1, -0.05) is 30.3 Å². The number of hydrogen-bond acceptors (Lipinski definition) is 2. The Morgan fingerprint density at radius 3 is 1.97 bits per heavy atom. The molecule has 1 atom stereocenters. The third kappa shape index (κ3) is 6.51. The number of alkyl halides is 6. The van der Waals surface area contributed by atoms with Gasteiger partial charge in [0, 0.05) is 6.42 Å². The number of carboxylic acids is 1. The molecule has 0 spiro atoms. The Kier molecular flexibility index (Phi) is 6.55. The minimum absolute atomic E-state index is 0.0380. The van der Waals surface area contributed by atoms with E-state index in [1.165, 1.54) is 6.07 Å². The maximum Gasteiger partial charge on any atom is 0.416 e. The van der Waals surface area contributed by atoms with Crippen LogP contribution in [0.4, 0.5) is 26.3 Å². The average Bonchev–Trinajstić information content (AvgIpc) is 2.60. The predicted molar refractivity (Wildman–Crippen MR) is 89.9 cm³/mol. The van der Waals surface area contributed by atoms with Gasteiger partial charge in [-0.2, -0.15) is 26.3 Å². The monoisotopic (exact) mass is 419 g/mol. The van der Waals surface area contributed by atoms with Crippen LogP contribution >= 0.6 is 0 Å². The second kappa shape index (κ2) is 8.54. The maximum atomic E-state index is 12.7. The SMILES string of the molecule is O=C(Cc1cccc(C(F)(F)F)c1)N[C@@H](Cc1ccc(C(F)(F)F)cc1)C(=O)O. The highest BCUT2D eigenvalue weighted by atomic mass is 19.4. The molecule has 2 aromatic carbocycles. The van der Waals surface area contributed by atoms with Crippen molar-refractivity contribution in [2.24, 2.45) is 0 Å². The van der Waals surface area contributed by atoms with Crippen molar-refractivity contribution in [2.75, 3.05) is 0 Å². The summed E-state index contributed by atoms with van der Waals surface area (Å²) in [5.41, 5.74) is -1.56. The number of aliphatic carboxylic acids is 1. The van der Waals surface area contributed by atoms with Crippen LogP contribution in [0.25, 0.3) is 0 Å². The van der Waals surface area contributed by atoms with Crippen LogP contribution in [-0.4, -0.2) is 23.0 Å². The normalized spacial score (nSPS) is 13.0. The molecule has 0 bridgehead atoms. The molecule has 2 aromatic rings. The lowest BCUT2D eigenvalue weighted by Crippen LogP contribution is -2.43. The van der Waals surface area contributed by atoms with Crippen molar-refractivity contribution >= 4 is 11.9 Å². The van der Waals surface area contributed by atoms with Gasteiger partial charge in [-0.3, -0.25) is 4.79 Å². The van der Waals surface area contributed by atoms with Crippen LogP contribution in [-0.2, 0) is 34.8 Å². The second-order valence-corrected chi connectivity index (χ2v) is 6.23. The van der Waals surface area contributed by atoms with Gasteiger partial charge in [0.1, 0.15) is 6.04 Å². The first-order valence-electron chi connectivity index (χ1n) is 8.20. The Morgan fingerprint density at radius 2 is 1.45 bits per heavy atom. The van der Waals surface area contributed by atoms with Gasteiger partial charge in [-0.15, -0.1) is 0 Å². The molecule has 0 heterocycles. The number of amides is 1. The third-order valence-corrected chi connectivity index (χ3v) is 3.97. The van der Waals surface area contributed by atoms with Crippen LogP contribution < -0.4 is 5.32 Å². The van der Waals surface area contributed by atoms with Gasteiger partial charge >= 0.3 is 18.3 Å². The summed E-state index contributed by atoms with van der Waals surface area (Å²) in [4.78, 5) is 23.4. The number of carbonyl (C=O) groups excluding carboxylic acids is 1. The summed E-state index contributed by atoms with van der Waals surface area (Å²) < 4.78 is 75.9. The maximum absolute atomic E-state index is 12.7. The van der Waals surface area contributed by atoms with Crippen LogP contribution in [0, 0.1) is 0 Å². The van der Waals surface area contributed by atoms with E-state index in [2.05, 4.69) is 5.32 Å². The highest BCUT2D eigenvalue weighted by molar-refractivity contribution is 5.85. The molecule has 156 valence electrons. The predicted octanol–water partition coefficient (Wildman–Crippen LogP) is 4.08. The molecule has 0 fully saturated rings. The molecule has 0 aliphatic carbocycles. The number of carboxylic acid groups (broad SMARTS) is 1. The smallest absolute Gasteiger partial charge is 0.416 e. The Bertz CT molecular complexity index is 875. The van der Waals surface area contributed by atoms with E-state index < -0.39 is 47.8 Å². The lowest BCUT2D eigenvalue weighted by atomic mass is 10.0. The summed E-state index contributed by atoms with van der Waals surface area (Å²) in [5.74, 6) is -2.26. The molecule has 0 aliphatic heterocycles. The molecule has 0 saturated heterocycles. The zero-order valence-electron chi connectivity index (χ0n) is 14.6. The fourth-order valence-electron chi connectivity index (χ4n) is 2.55. The van der Waals surface area contributed by atoms with E-state index in [-0.39, 0.29) is 17.5 Å². The molecule has 0 radical (unpaired) electrons. The fraction of sp³-hybridized carbons (Fsp3) is 0.263. The van der Waals surface area contributed by atoms with E-state index in [0.717, 1.165) is 42.5 Å². The summed E-state index contributed by atoms with van der Waals surface area (Å²) in [6, 6.07) is 6.36. The first-order chi connectivity index (χ1) is 13.4. The van der Waals surface area contributed by atoms with Crippen molar-refractivity contribution in [1.82, 2.24) is 5.32 Å². The van der Waals surface area contributed by atoms with Crippen molar-refractivity contribution < 1.29 is 41.0 Å². The molecule has 2 rings (SSSR count). The van der Waals surface area contributed by atoms with Gasteiger partial charge in [-0.05, 0) is 29.3 Å². The van der Waals surface area contributed by atoms with Crippen molar-refractivity contribution in [3.8, 4) is 0 Å². The summed E-state index contributed by atoms with van der Waals surface area (Å²) >= 11 is 0. The molecule has 1 amide bonds. The van der Waals surface area contributed by atoms with E-state index in [9.17, 15) is 41.0 Å². The second-order valence-electron chi connectivity index (χ2n) is 6.23. The highest BCUT2D eigenvalue weighted by Crippen LogP contribution is 2.30. The van der Waals surface area contributed by atoms with Gasteiger partial charge in [0.05, 0.1) is 17.5 Å². The zero-order chi connectivity index (χ0) is 21.8. The van der Waals surface area contributed by atoms with E-state index in [4.69, 9.17) is 0 Å². The Hall–Kier alpha value is -3.04. The van der Waals surface area contributed by atoms with Crippen molar-refractivity contribution in [3.63, 3.8) is 0 Å². The number of carbonyl (C=O) groups is 2. The fourth-order valence-corrected chi connectivity index (χ4v) is 2.55. The first kappa shape index (κ1) is 22.3. The van der Waals surface area contributed by atoms with Gasteiger partial charge in [0.2, 0.25) is 5.91 Å². The van der Waals surface area contributed by atoms with Crippen molar-refractivity contribution in [2.45, 2.75) is 31.2 Å². The molecule has 0 saturated carbocycles. The van der Waals surface area contributed by atoms with Gasteiger partial charge in [-0.25, -0.2) is 4.79 Å². The Labute approximate surface area is 161 Å². The molecule has 29 heavy (non-hydrogen) atoms. The largest absolute Gasteiger partial charge is 0.480 e. The lowest BCUT2D eigenvalue weighted by molar-refractivity contribution is -0.141. The molecule has 10 heteroatoms. The quantitative estimate of drug-likeness (QED) is 0.694. The third-order valence-electron chi connectivity index (χ3n) is 3.97. The first-order valence-corrected chi connectivity index (χ1v) is 8.20. The molecule has 0 aliphatic rings. The summed E-state index contributed by atoms with van der Waals surface area (Å²) in [7, 11) is 0. The van der Waals surface area contributed by atoms with Crippen molar-refractivity contribution in [3.05, 3.63) is 70.8 Å². The number of benzene rings is 2. The molecular weight excluding hydrogens is 404 g/mol. The van der Waals surface area contributed by atoms with Gasteiger partial charge in [0.25, 0.3) is 0 Å². The Balaban J connectivity index is 2.05. The minimum atomic E-state index is -4.58. The van der Waals surface area contributed by atoms with E-state index in [1.807, 2.05) is 0 Å². The van der Waals surface area contributed by atoms with Crippen LogP contribution in [0.15, 0.2) is 48.5 Å².